The van der Waals surface area contributed by atoms with Crippen LogP contribution in [0.3, 0.4) is 0 Å². The summed E-state index contributed by atoms with van der Waals surface area (Å²) in [5.41, 5.74) is 0. The van der Waals surface area contributed by atoms with Crippen LogP contribution in [0, 0.1) is 6.92 Å². The molecule has 0 rings (SSSR count). The van der Waals surface area contributed by atoms with Crippen molar-refractivity contribution in [2.45, 2.75) is 25.9 Å². The number of alkyl halides is 1. The highest BCUT2D eigenvalue weighted by atomic mass is 19.1. The van der Waals surface area contributed by atoms with Crippen molar-refractivity contribution in [3.63, 3.8) is 0 Å². The maximum atomic E-state index is 11.8. The lowest BCUT2D eigenvalue weighted by Gasteiger charge is -1.94. The van der Waals surface area contributed by atoms with Crippen LogP contribution in [0.2, 0.25) is 0 Å². The number of hydrogen-bond acceptors (Lipinski definition) is 0. The molecule has 0 aliphatic rings. The third-order valence-electron chi connectivity index (χ3n) is 0.756. The summed E-state index contributed by atoms with van der Waals surface area (Å²) in [5.74, 6) is 0. The first-order valence-corrected chi connectivity index (χ1v) is 2.24. The standard InChI is InChI=1S/C5H10F/c1-3-5(6)4-2/h5H,1,3-4H2,2H3/t5-/m0/s1. The van der Waals surface area contributed by atoms with E-state index in [-0.39, 0.29) is 0 Å². The fraction of sp³-hybridized carbons (Fsp3) is 0.800. The third kappa shape index (κ3) is 2.18. The van der Waals surface area contributed by atoms with Crippen molar-refractivity contribution in [3.8, 4) is 0 Å². The average molecular weight is 89.1 g/mol. The Balaban J connectivity index is 2.75. The van der Waals surface area contributed by atoms with Gasteiger partial charge < -0.3 is 0 Å². The minimum Gasteiger partial charge on any atom is -0.248 e. The molecule has 1 heteroatoms. The van der Waals surface area contributed by atoms with Crippen LogP contribution in [-0.2, 0) is 0 Å². The van der Waals surface area contributed by atoms with E-state index in [0.29, 0.717) is 12.8 Å². The molecule has 0 fully saturated rings. The van der Waals surface area contributed by atoms with Gasteiger partial charge in [-0.25, -0.2) is 4.39 Å². The van der Waals surface area contributed by atoms with Gasteiger partial charge in [0.05, 0.1) is 6.17 Å². The predicted molar refractivity (Wildman–Crippen MR) is 25.2 cm³/mol. The van der Waals surface area contributed by atoms with E-state index in [1.54, 1.807) is 0 Å². The predicted octanol–water partition coefficient (Wildman–Crippen LogP) is 1.96. The zero-order chi connectivity index (χ0) is 4.99. The number of rotatable bonds is 2. The van der Waals surface area contributed by atoms with Gasteiger partial charge in [-0.1, -0.05) is 13.8 Å². The molecule has 0 aromatic carbocycles. The summed E-state index contributed by atoms with van der Waals surface area (Å²) in [6.07, 6.45) is 0.338. The van der Waals surface area contributed by atoms with Crippen molar-refractivity contribution in [2.24, 2.45) is 0 Å². The summed E-state index contributed by atoms with van der Waals surface area (Å²) in [5, 5.41) is 0. The van der Waals surface area contributed by atoms with Gasteiger partial charge in [0.2, 0.25) is 0 Å². The number of hydrogen-bond donors (Lipinski definition) is 0. The fourth-order valence-electron chi connectivity index (χ4n) is 0.204. The molecule has 0 nitrogen and oxygen atoms in total. The van der Waals surface area contributed by atoms with Crippen molar-refractivity contribution in [3.05, 3.63) is 6.92 Å². The topological polar surface area (TPSA) is 0 Å². The normalized spacial score (nSPS) is 10.0. The smallest absolute Gasteiger partial charge is 0.0999 e. The molecular weight excluding hydrogens is 79.1 g/mol. The Bertz CT molecular complexity index is 23.1. The molecule has 1 atom stereocenters. The lowest BCUT2D eigenvalue weighted by Crippen LogP contribution is -1.91. The fourth-order valence-corrected chi connectivity index (χ4v) is 0.204. The summed E-state index contributed by atoms with van der Waals surface area (Å²) in [6.45, 7) is 5.20. The quantitative estimate of drug-likeness (QED) is 0.485. The van der Waals surface area contributed by atoms with Crippen molar-refractivity contribution in [1.29, 1.82) is 0 Å². The van der Waals surface area contributed by atoms with Crippen LogP contribution >= 0.6 is 0 Å². The van der Waals surface area contributed by atoms with E-state index in [1.807, 2.05) is 6.92 Å². The second-order valence-electron chi connectivity index (χ2n) is 1.29. The van der Waals surface area contributed by atoms with Gasteiger partial charge in [-0.2, -0.15) is 0 Å². The molecule has 0 amide bonds. The summed E-state index contributed by atoms with van der Waals surface area (Å²) in [6, 6.07) is 0. The molecule has 0 saturated heterocycles. The van der Waals surface area contributed by atoms with Gasteiger partial charge in [0.15, 0.2) is 0 Å². The molecule has 37 valence electrons. The van der Waals surface area contributed by atoms with Crippen molar-refractivity contribution in [2.75, 3.05) is 0 Å². The first-order chi connectivity index (χ1) is 2.81. The highest BCUT2D eigenvalue weighted by Crippen LogP contribution is 1.98. The Morgan fingerprint density at radius 3 is 2.33 bits per heavy atom. The molecule has 0 spiro atoms. The highest BCUT2D eigenvalue weighted by Gasteiger charge is 1.94. The molecule has 0 aromatic rings. The Hall–Kier alpha value is -0.0700. The lowest BCUT2D eigenvalue weighted by atomic mass is 10.2. The Morgan fingerprint density at radius 2 is 2.33 bits per heavy atom. The van der Waals surface area contributed by atoms with E-state index in [9.17, 15) is 4.39 Å². The molecular formula is C5H10F. The average Bonchev–Trinajstić information content (AvgIpc) is 1.65. The van der Waals surface area contributed by atoms with Gasteiger partial charge in [-0.15, -0.1) is 0 Å². The van der Waals surface area contributed by atoms with Crippen molar-refractivity contribution >= 4 is 0 Å². The first-order valence-electron chi connectivity index (χ1n) is 2.24. The van der Waals surface area contributed by atoms with Crippen LogP contribution in [0.4, 0.5) is 4.39 Å². The molecule has 0 aliphatic carbocycles. The Labute approximate surface area is 38.4 Å². The third-order valence-corrected chi connectivity index (χ3v) is 0.756. The largest absolute Gasteiger partial charge is 0.248 e. The summed E-state index contributed by atoms with van der Waals surface area (Å²) in [4.78, 5) is 0. The van der Waals surface area contributed by atoms with Gasteiger partial charge in [-0.05, 0) is 12.8 Å². The van der Waals surface area contributed by atoms with E-state index < -0.39 is 6.17 Å². The SMILES string of the molecule is [CH2]C[C@H](F)CC. The maximum Gasteiger partial charge on any atom is 0.0999 e. The van der Waals surface area contributed by atoms with E-state index in [2.05, 4.69) is 6.92 Å². The highest BCUT2D eigenvalue weighted by molar-refractivity contribution is 4.51. The van der Waals surface area contributed by atoms with Crippen LogP contribution in [0.1, 0.15) is 19.8 Å². The summed E-state index contributed by atoms with van der Waals surface area (Å²) < 4.78 is 11.8. The Morgan fingerprint density at radius 1 is 1.83 bits per heavy atom. The van der Waals surface area contributed by atoms with E-state index in [0.717, 1.165) is 0 Å². The van der Waals surface area contributed by atoms with E-state index in [1.165, 1.54) is 0 Å². The van der Waals surface area contributed by atoms with Gasteiger partial charge in [0, 0.05) is 0 Å². The molecule has 6 heavy (non-hydrogen) atoms. The summed E-state index contributed by atoms with van der Waals surface area (Å²) >= 11 is 0. The summed E-state index contributed by atoms with van der Waals surface area (Å²) in [7, 11) is 0. The zero-order valence-electron chi connectivity index (χ0n) is 4.08. The zero-order valence-corrected chi connectivity index (χ0v) is 4.08. The first kappa shape index (κ1) is 5.93. The van der Waals surface area contributed by atoms with Crippen LogP contribution in [0.5, 0.6) is 0 Å². The second kappa shape index (κ2) is 3.13. The molecule has 0 heterocycles. The van der Waals surface area contributed by atoms with Crippen LogP contribution in [0.25, 0.3) is 0 Å². The molecule has 0 aromatic heterocycles. The molecule has 0 bridgehead atoms. The molecule has 1 radical (unpaired) electrons. The van der Waals surface area contributed by atoms with E-state index >= 15 is 0 Å². The molecule has 0 saturated carbocycles. The maximum absolute atomic E-state index is 11.8. The van der Waals surface area contributed by atoms with Gasteiger partial charge in [0.1, 0.15) is 0 Å². The van der Waals surface area contributed by atoms with Crippen molar-refractivity contribution < 1.29 is 4.39 Å². The second-order valence-corrected chi connectivity index (χ2v) is 1.29. The molecule has 0 N–H and O–H groups in total. The van der Waals surface area contributed by atoms with Gasteiger partial charge >= 0.3 is 0 Å². The van der Waals surface area contributed by atoms with Gasteiger partial charge in [0.25, 0.3) is 0 Å². The minimum absolute atomic E-state index is 0.413. The van der Waals surface area contributed by atoms with Crippen molar-refractivity contribution in [1.82, 2.24) is 0 Å². The Kier molecular flexibility index (Phi) is 3.10. The molecule has 0 aliphatic heterocycles. The van der Waals surface area contributed by atoms with Crippen LogP contribution in [0.15, 0.2) is 0 Å². The minimum atomic E-state index is -0.676. The monoisotopic (exact) mass is 89.1 g/mol. The lowest BCUT2D eigenvalue weighted by molar-refractivity contribution is 0.327. The van der Waals surface area contributed by atoms with E-state index in [4.69, 9.17) is 0 Å². The van der Waals surface area contributed by atoms with Crippen LogP contribution in [-0.4, -0.2) is 6.17 Å². The molecule has 0 unspecified atom stereocenters. The van der Waals surface area contributed by atoms with Gasteiger partial charge in [-0.3, -0.25) is 0 Å². The number of halogens is 1. The van der Waals surface area contributed by atoms with Crippen LogP contribution < -0.4 is 0 Å².